The molecule has 0 aliphatic rings. The van der Waals surface area contributed by atoms with E-state index in [4.69, 9.17) is 5.84 Å². The lowest BCUT2D eigenvalue weighted by atomic mass is 10.2. The second kappa shape index (κ2) is 7.31. The fourth-order valence-corrected chi connectivity index (χ4v) is 2.66. The van der Waals surface area contributed by atoms with Crippen molar-refractivity contribution in [2.24, 2.45) is 0 Å². The highest BCUT2D eigenvalue weighted by Crippen LogP contribution is 2.22. The van der Waals surface area contributed by atoms with E-state index >= 15 is 0 Å². The summed E-state index contributed by atoms with van der Waals surface area (Å²) in [5, 5.41) is 11.2. The van der Waals surface area contributed by atoms with Crippen molar-refractivity contribution >= 4 is 23.4 Å². The summed E-state index contributed by atoms with van der Waals surface area (Å²) in [6.07, 6.45) is 1.72. The van der Waals surface area contributed by atoms with Crippen molar-refractivity contribution < 1.29 is 4.79 Å². The van der Waals surface area contributed by atoms with Crippen molar-refractivity contribution in [3.8, 4) is 0 Å². The molecule has 0 spiro atoms. The molecule has 22 heavy (non-hydrogen) atoms. The van der Waals surface area contributed by atoms with Gasteiger partial charge in [0.1, 0.15) is 0 Å². The van der Waals surface area contributed by atoms with Crippen LogP contribution in [0.5, 0.6) is 0 Å². The number of hydrogen-bond donors (Lipinski definition) is 2. The standard InChI is InChI=1S/C15H21N5OS/c1-4-5-13-18-19-15(20(13)16)22-11(3)14(21)17-12-8-6-10(2)7-9-12/h6-9,11H,4-5,16H2,1-3H3,(H,17,21)/t11-/m1/s1. The van der Waals surface area contributed by atoms with Gasteiger partial charge in [-0.3, -0.25) is 4.79 Å². The SMILES string of the molecule is CCCc1nnc(S[C@H](C)C(=O)Nc2ccc(C)cc2)n1N. The lowest BCUT2D eigenvalue weighted by Gasteiger charge is -2.11. The Balaban J connectivity index is 1.97. The Hall–Kier alpha value is -2.02. The number of aromatic nitrogens is 3. The molecule has 1 amide bonds. The number of aryl methyl sites for hydroxylation is 2. The molecule has 1 atom stereocenters. The smallest absolute Gasteiger partial charge is 0.237 e. The summed E-state index contributed by atoms with van der Waals surface area (Å²) in [6.45, 7) is 5.88. The molecule has 6 nitrogen and oxygen atoms in total. The molecule has 0 saturated carbocycles. The minimum atomic E-state index is -0.317. The summed E-state index contributed by atoms with van der Waals surface area (Å²) in [6, 6.07) is 7.69. The van der Waals surface area contributed by atoms with E-state index in [1.54, 1.807) is 0 Å². The molecule has 0 unspecified atom stereocenters. The maximum absolute atomic E-state index is 12.2. The second-order valence-corrected chi connectivity index (χ2v) is 6.44. The topological polar surface area (TPSA) is 85.8 Å². The van der Waals surface area contributed by atoms with Gasteiger partial charge in [0, 0.05) is 12.1 Å². The predicted octanol–water partition coefficient (Wildman–Crippen LogP) is 2.37. The van der Waals surface area contributed by atoms with E-state index in [-0.39, 0.29) is 11.2 Å². The highest BCUT2D eigenvalue weighted by Gasteiger charge is 2.19. The van der Waals surface area contributed by atoms with Crippen LogP contribution in [0.4, 0.5) is 5.69 Å². The Morgan fingerprint density at radius 2 is 2.05 bits per heavy atom. The first-order valence-electron chi connectivity index (χ1n) is 7.24. The van der Waals surface area contributed by atoms with Gasteiger partial charge >= 0.3 is 0 Å². The average Bonchev–Trinajstić information content (AvgIpc) is 2.83. The van der Waals surface area contributed by atoms with Crippen molar-refractivity contribution in [2.75, 3.05) is 11.2 Å². The molecule has 0 bridgehead atoms. The first-order valence-corrected chi connectivity index (χ1v) is 8.12. The van der Waals surface area contributed by atoms with Crippen LogP contribution in [-0.4, -0.2) is 26.0 Å². The summed E-state index contributed by atoms with van der Waals surface area (Å²) in [4.78, 5) is 12.2. The van der Waals surface area contributed by atoms with Gasteiger partial charge in [0.15, 0.2) is 5.82 Å². The third-order valence-corrected chi connectivity index (χ3v) is 4.24. The van der Waals surface area contributed by atoms with Crippen LogP contribution < -0.4 is 11.2 Å². The van der Waals surface area contributed by atoms with Gasteiger partial charge in [0.2, 0.25) is 11.1 Å². The van der Waals surface area contributed by atoms with E-state index in [2.05, 4.69) is 22.4 Å². The zero-order valence-electron chi connectivity index (χ0n) is 13.0. The molecule has 0 aliphatic heterocycles. The molecule has 0 aliphatic carbocycles. The van der Waals surface area contributed by atoms with Crippen LogP contribution in [0.25, 0.3) is 0 Å². The quantitative estimate of drug-likeness (QED) is 0.630. The first kappa shape index (κ1) is 16.4. The highest BCUT2D eigenvalue weighted by molar-refractivity contribution is 8.00. The number of nitrogens with zero attached hydrogens (tertiary/aromatic N) is 3. The Morgan fingerprint density at radius 1 is 1.36 bits per heavy atom. The molecule has 2 rings (SSSR count). The zero-order chi connectivity index (χ0) is 16.1. The summed E-state index contributed by atoms with van der Waals surface area (Å²) in [5.74, 6) is 6.59. The summed E-state index contributed by atoms with van der Waals surface area (Å²) in [7, 11) is 0. The van der Waals surface area contributed by atoms with E-state index in [1.807, 2.05) is 38.1 Å². The van der Waals surface area contributed by atoms with Crippen molar-refractivity contribution in [3.63, 3.8) is 0 Å². The fourth-order valence-electron chi connectivity index (χ4n) is 1.87. The number of nitrogens with one attached hydrogen (secondary N) is 1. The van der Waals surface area contributed by atoms with Gasteiger partial charge < -0.3 is 11.2 Å². The van der Waals surface area contributed by atoms with Gasteiger partial charge in [-0.1, -0.05) is 36.4 Å². The first-order chi connectivity index (χ1) is 10.5. The number of hydrogen-bond acceptors (Lipinski definition) is 5. The molecular weight excluding hydrogens is 298 g/mol. The molecule has 0 radical (unpaired) electrons. The number of nitrogen functional groups attached to an aromatic ring is 1. The normalized spacial score (nSPS) is 12.1. The van der Waals surface area contributed by atoms with Crippen LogP contribution in [0.1, 0.15) is 31.7 Å². The third kappa shape index (κ3) is 4.00. The number of benzene rings is 1. The Labute approximate surface area is 134 Å². The molecule has 0 fully saturated rings. The minimum Gasteiger partial charge on any atom is -0.336 e. The lowest BCUT2D eigenvalue weighted by Crippen LogP contribution is -2.23. The molecule has 1 aromatic heterocycles. The number of carbonyl (C=O) groups is 1. The lowest BCUT2D eigenvalue weighted by molar-refractivity contribution is -0.115. The fraction of sp³-hybridized carbons (Fsp3) is 0.400. The molecule has 1 aromatic carbocycles. The number of carbonyl (C=O) groups excluding carboxylic acids is 1. The van der Waals surface area contributed by atoms with Crippen molar-refractivity contribution in [2.45, 2.75) is 44.0 Å². The van der Waals surface area contributed by atoms with Crippen molar-refractivity contribution in [1.82, 2.24) is 14.9 Å². The monoisotopic (exact) mass is 319 g/mol. The molecule has 7 heteroatoms. The van der Waals surface area contributed by atoms with E-state index in [0.29, 0.717) is 5.16 Å². The summed E-state index contributed by atoms with van der Waals surface area (Å²) >= 11 is 1.30. The van der Waals surface area contributed by atoms with Gasteiger partial charge in [-0.2, -0.15) is 0 Å². The van der Waals surface area contributed by atoms with E-state index in [1.165, 1.54) is 16.4 Å². The number of amides is 1. The number of anilines is 1. The summed E-state index contributed by atoms with van der Waals surface area (Å²) < 4.78 is 1.46. The Kier molecular flexibility index (Phi) is 5.43. The number of nitrogens with two attached hydrogens (primary N) is 1. The van der Waals surface area contributed by atoms with Crippen molar-refractivity contribution in [1.29, 1.82) is 0 Å². The van der Waals surface area contributed by atoms with Crippen LogP contribution in [0.2, 0.25) is 0 Å². The van der Waals surface area contributed by atoms with Gasteiger partial charge in [0.05, 0.1) is 5.25 Å². The Bertz CT molecular complexity index is 638. The summed E-state index contributed by atoms with van der Waals surface area (Å²) in [5.41, 5.74) is 1.93. The van der Waals surface area contributed by atoms with Crippen LogP contribution >= 0.6 is 11.8 Å². The van der Waals surface area contributed by atoms with Gasteiger partial charge in [-0.25, -0.2) is 4.68 Å². The molecular formula is C15H21N5OS. The average molecular weight is 319 g/mol. The number of rotatable bonds is 6. The molecule has 3 N–H and O–H groups in total. The molecule has 1 heterocycles. The molecule has 0 saturated heterocycles. The van der Waals surface area contributed by atoms with E-state index in [9.17, 15) is 4.79 Å². The maximum atomic E-state index is 12.2. The van der Waals surface area contributed by atoms with E-state index in [0.717, 1.165) is 29.9 Å². The van der Waals surface area contributed by atoms with Gasteiger partial charge in [-0.05, 0) is 32.4 Å². The van der Waals surface area contributed by atoms with Gasteiger partial charge in [-0.15, -0.1) is 10.2 Å². The third-order valence-electron chi connectivity index (χ3n) is 3.18. The molecule has 2 aromatic rings. The zero-order valence-corrected chi connectivity index (χ0v) is 13.9. The van der Waals surface area contributed by atoms with Crippen LogP contribution in [0.3, 0.4) is 0 Å². The van der Waals surface area contributed by atoms with E-state index < -0.39 is 0 Å². The molecule has 118 valence electrons. The number of thioether (sulfide) groups is 1. The van der Waals surface area contributed by atoms with Crippen LogP contribution in [-0.2, 0) is 11.2 Å². The highest BCUT2D eigenvalue weighted by atomic mass is 32.2. The van der Waals surface area contributed by atoms with Crippen LogP contribution in [0.15, 0.2) is 29.4 Å². The van der Waals surface area contributed by atoms with Crippen molar-refractivity contribution in [3.05, 3.63) is 35.7 Å². The second-order valence-electron chi connectivity index (χ2n) is 5.13. The minimum absolute atomic E-state index is 0.0890. The van der Waals surface area contributed by atoms with Crippen LogP contribution in [0, 0.1) is 6.92 Å². The maximum Gasteiger partial charge on any atom is 0.237 e. The van der Waals surface area contributed by atoms with Gasteiger partial charge in [0.25, 0.3) is 0 Å². The Morgan fingerprint density at radius 3 is 2.68 bits per heavy atom. The predicted molar refractivity (Wildman–Crippen MR) is 89.3 cm³/mol. The largest absolute Gasteiger partial charge is 0.336 e.